The summed E-state index contributed by atoms with van der Waals surface area (Å²) < 4.78 is 26.8. The maximum Gasteiger partial charge on any atom is 0.151 e. The van der Waals surface area contributed by atoms with Gasteiger partial charge in [-0.05, 0) is 17.5 Å². The number of benzene rings is 2. The molecule has 1 nitrogen and oxygen atoms in total. The predicted molar refractivity (Wildman–Crippen MR) is 57.0 cm³/mol. The fourth-order valence-electron chi connectivity index (χ4n) is 1.47. The summed E-state index contributed by atoms with van der Waals surface area (Å²) in [6.07, 6.45) is 0.575. The van der Waals surface area contributed by atoms with Crippen molar-refractivity contribution in [2.24, 2.45) is 0 Å². The van der Waals surface area contributed by atoms with Crippen molar-refractivity contribution >= 4 is 33.0 Å². The van der Waals surface area contributed by atoms with Gasteiger partial charge in [0.05, 0.1) is 0 Å². The maximum atomic E-state index is 13.3. The van der Waals surface area contributed by atoms with Gasteiger partial charge in [-0.3, -0.25) is 4.79 Å². The lowest BCUT2D eigenvalue weighted by atomic mass is 10.0. The zero-order valence-corrected chi connectivity index (χ0v) is 9.01. The minimum absolute atomic E-state index is 0.238. The van der Waals surface area contributed by atoms with Crippen LogP contribution in [0.1, 0.15) is 10.4 Å². The van der Waals surface area contributed by atoms with Gasteiger partial charge in [-0.1, -0.05) is 22.0 Å². The molecular formula is C11H5BrF2O. The Morgan fingerprint density at radius 2 is 1.87 bits per heavy atom. The number of halogens is 3. The molecule has 0 unspecified atom stereocenters. The van der Waals surface area contributed by atoms with Gasteiger partial charge in [-0.2, -0.15) is 0 Å². The van der Waals surface area contributed by atoms with Crippen LogP contribution in [0.2, 0.25) is 0 Å². The number of hydrogen-bond acceptors (Lipinski definition) is 1. The van der Waals surface area contributed by atoms with Crippen molar-refractivity contribution in [1.82, 2.24) is 0 Å². The number of aldehydes is 1. The molecule has 0 aliphatic rings. The molecule has 15 heavy (non-hydrogen) atoms. The molecule has 2 aromatic rings. The molecule has 4 heteroatoms. The number of carbonyl (C=O) groups excluding carboxylic acids is 1. The van der Waals surface area contributed by atoms with Crippen LogP contribution in [0.25, 0.3) is 10.8 Å². The Labute approximate surface area is 92.8 Å². The minimum atomic E-state index is -0.693. The molecule has 0 amide bonds. The van der Waals surface area contributed by atoms with E-state index in [1.54, 1.807) is 6.07 Å². The van der Waals surface area contributed by atoms with E-state index in [0.717, 1.165) is 12.1 Å². The van der Waals surface area contributed by atoms with Gasteiger partial charge in [0.25, 0.3) is 0 Å². The van der Waals surface area contributed by atoms with Crippen molar-refractivity contribution in [3.8, 4) is 0 Å². The van der Waals surface area contributed by atoms with Crippen LogP contribution >= 0.6 is 15.9 Å². The Kier molecular flexibility index (Phi) is 2.52. The summed E-state index contributed by atoms with van der Waals surface area (Å²) in [5, 5.41) is 0.513. The summed E-state index contributed by atoms with van der Waals surface area (Å²) in [5.41, 5.74) is 0.255. The third-order valence-electron chi connectivity index (χ3n) is 2.16. The van der Waals surface area contributed by atoms with E-state index in [-0.39, 0.29) is 16.3 Å². The summed E-state index contributed by atoms with van der Waals surface area (Å²) in [7, 11) is 0. The van der Waals surface area contributed by atoms with Gasteiger partial charge in [0.15, 0.2) is 6.29 Å². The smallest absolute Gasteiger partial charge is 0.151 e. The minimum Gasteiger partial charge on any atom is -0.298 e. The van der Waals surface area contributed by atoms with E-state index in [4.69, 9.17) is 0 Å². The average Bonchev–Trinajstić information content (AvgIpc) is 2.17. The molecule has 0 aliphatic heterocycles. The molecule has 0 N–H and O–H groups in total. The quantitative estimate of drug-likeness (QED) is 0.723. The second kappa shape index (κ2) is 3.70. The summed E-state index contributed by atoms with van der Waals surface area (Å²) in [6.45, 7) is 0. The molecule has 2 rings (SSSR count). The van der Waals surface area contributed by atoms with Crippen molar-refractivity contribution in [3.05, 3.63) is 45.9 Å². The second-order valence-corrected chi connectivity index (χ2v) is 3.92. The van der Waals surface area contributed by atoms with Crippen LogP contribution in [0, 0.1) is 11.6 Å². The molecule has 0 spiro atoms. The Bertz CT molecular complexity index is 552. The number of fused-ring (bicyclic) bond motifs is 1. The van der Waals surface area contributed by atoms with Crippen molar-refractivity contribution in [2.45, 2.75) is 0 Å². The second-order valence-electron chi connectivity index (χ2n) is 3.06. The Morgan fingerprint density at radius 3 is 2.53 bits per heavy atom. The van der Waals surface area contributed by atoms with Crippen LogP contribution in [0.5, 0.6) is 0 Å². The highest BCUT2D eigenvalue weighted by Crippen LogP contribution is 2.27. The van der Waals surface area contributed by atoms with Gasteiger partial charge >= 0.3 is 0 Å². The topological polar surface area (TPSA) is 17.1 Å². The highest BCUT2D eigenvalue weighted by Gasteiger charge is 2.09. The Balaban J connectivity index is 2.97. The first kappa shape index (κ1) is 10.2. The third-order valence-corrected chi connectivity index (χ3v) is 2.85. The molecular weight excluding hydrogens is 266 g/mol. The highest BCUT2D eigenvalue weighted by molar-refractivity contribution is 9.10. The van der Waals surface area contributed by atoms with E-state index in [1.807, 2.05) is 0 Å². The number of carbonyl (C=O) groups is 1. The van der Waals surface area contributed by atoms with Crippen LogP contribution in [0.15, 0.2) is 28.7 Å². The van der Waals surface area contributed by atoms with E-state index in [2.05, 4.69) is 15.9 Å². The normalized spacial score (nSPS) is 10.6. The van der Waals surface area contributed by atoms with Crippen LogP contribution < -0.4 is 0 Å². The molecule has 0 bridgehead atoms. The molecule has 2 aromatic carbocycles. The fourth-order valence-corrected chi connectivity index (χ4v) is 1.91. The van der Waals surface area contributed by atoms with Gasteiger partial charge in [0, 0.05) is 21.5 Å². The zero-order chi connectivity index (χ0) is 11.0. The summed E-state index contributed by atoms with van der Waals surface area (Å²) in [4.78, 5) is 10.8. The van der Waals surface area contributed by atoms with Crippen molar-refractivity contribution in [2.75, 3.05) is 0 Å². The first-order valence-electron chi connectivity index (χ1n) is 4.16. The molecule has 0 radical (unpaired) electrons. The number of rotatable bonds is 1. The van der Waals surface area contributed by atoms with Crippen LogP contribution in [0.4, 0.5) is 8.78 Å². The van der Waals surface area contributed by atoms with E-state index >= 15 is 0 Å². The molecule has 0 aliphatic carbocycles. The lowest BCUT2D eigenvalue weighted by Crippen LogP contribution is -1.90. The zero-order valence-electron chi connectivity index (χ0n) is 7.43. The molecule has 76 valence electrons. The van der Waals surface area contributed by atoms with Crippen LogP contribution in [-0.2, 0) is 0 Å². The SMILES string of the molecule is O=Cc1c(Br)ccc2c(F)cc(F)cc12. The third kappa shape index (κ3) is 1.65. The lowest BCUT2D eigenvalue weighted by Gasteiger charge is -2.04. The van der Waals surface area contributed by atoms with Gasteiger partial charge in [-0.25, -0.2) is 8.78 Å². The van der Waals surface area contributed by atoms with Gasteiger partial charge in [-0.15, -0.1) is 0 Å². The van der Waals surface area contributed by atoms with Gasteiger partial charge in [0.2, 0.25) is 0 Å². The molecule has 0 heterocycles. The summed E-state index contributed by atoms with van der Waals surface area (Å²) >= 11 is 3.15. The predicted octanol–water partition coefficient (Wildman–Crippen LogP) is 3.69. The van der Waals surface area contributed by atoms with E-state index < -0.39 is 11.6 Å². The van der Waals surface area contributed by atoms with Crippen molar-refractivity contribution < 1.29 is 13.6 Å². The van der Waals surface area contributed by atoms with E-state index in [0.29, 0.717) is 10.8 Å². The standard InChI is InChI=1S/C11H5BrF2O/c12-10-2-1-7-8(9(10)5-15)3-6(13)4-11(7)14/h1-5H. The van der Waals surface area contributed by atoms with Gasteiger partial charge < -0.3 is 0 Å². The molecule has 0 atom stereocenters. The fraction of sp³-hybridized carbons (Fsp3) is 0. The maximum absolute atomic E-state index is 13.3. The average molecular weight is 271 g/mol. The molecule has 0 aromatic heterocycles. The molecule has 0 saturated heterocycles. The highest BCUT2D eigenvalue weighted by atomic mass is 79.9. The van der Waals surface area contributed by atoms with Crippen LogP contribution in [0.3, 0.4) is 0 Å². The Morgan fingerprint density at radius 1 is 1.13 bits per heavy atom. The van der Waals surface area contributed by atoms with Crippen molar-refractivity contribution in [1.29, 1.82) is 0 Å². The Hall–Kier alpha value is -1.29. The number of hydrogen-bond donors (Lipinski definition) is 0. The van der Waals surface area contributed by atoms with E-state index in [9.17, 15) is 13.6 Å². The largest absolute Gasteiger partial charge is 0.298 e. The molecule has 0 fully saturated rings. The first-order chi connectivity index (χ1) is 7.13. The summed E-state index contributed by atoms with van der Waals surface area (Å²) in [5.74, 6) is -1.36. The first-order valence-corrected chi connectivity index (χ1v) is 4.95. The van der Waals surface area contributed by atoms with Gasteiger partial charge in [0.1, 0.15) is 11.6 Å². The monoisotopic (exact) mass is 270 g/mol. The summed E-state index contributed by atoms with van der Waals surface area (Å²) in [6, 6.07) is 5.01. The van der Waals surface area contributed by atoms with E-state index in [1.165, 1.54) is 6.07 Å². The van der Waals surface area contributed by atoms with Crippen LogP contribution in [-0.4, -0.2) is 6.29 Å². The van der Waals surface area contributed by atoms with Crippen molar-refractivity contribution in [3.63, 3.8) is 0 Å². The lowest BCUT2D eigenvalue weighted by molar-refractivity contribution is 0.112. The molecule has 0 saturated carbocycles.